The van der Waals surface area contributed by atoms with Crippen molar-refractivity contribution in [2.45, 2.75) is 45.6 Å². The minimum absolute atomic E-state index is 0.394. The van der Waals surface area contributed by atoms with Crippen molar-refractivity contribution in [1.29, 1.82) is 0 Å². The Balaban J connectivity index is 2.30. The zero-order valence-electron chi connectivity index (χ0n) is 9.00. The van der Waals surface area contributed by atoms with Crippen LogP contribution < -0.4 is 0 Å². The molecule has 1 aliphatic rings. The highest BCUT2D eigenvalue weighted by atomic mass is 16.3. The van der Waals surface area contributed by atoms with Crippen LogP contribution in [0.3, 0.4) is 0 Å². The molecule has 1 rings (SSSR count). The standard InChI is InChI=1S/C11H23NO/c1-3-12(4-2)11-7-5-10(9-13)6-8-11/h10-11,13H,3-9H2,1-2H3. The van der Waals surface area contributed by atoms with Crippen LogP contribution in [0.25, 0.3) is 0 Å². The molecule has 0 spiro atoms. The summed E-state index contributed by atoms with van der Waals surface area (Å²) in [7, 11) is 0. The van der Waals surface area contributed by atoms with Crippen molar-refractivity contribution in [2.24, 2.45) is 5.92 Å². The minimum atomic E-state index is 0.394. The average molecular weight is 185 g/mol. The Kier molecular flexibility index (Phi) is 4.74. The number of aliphatic hydroxyl groups excluding tert-OH is 1. The van der Waals surface area contributed by atoms with Crippen LogP contribution in [-0.4, -0.2) is 35.7 Å². The lowest BCUT2D eigenvalue weighted by atomic mass is 9.86. The molecule has 2 nitrogen and oxygen atoms in total. The van der Waals surface area contributed by atoms with E-state index >= 15 is 0 Å². The van der Waals surface area contributed by atoms with Gasteiger partial charge in [0.2, 0.25) is 0 Å². The number of hydrogen-bond acceptors (Lipinski definition) is 2. The summed E-state index contributed by atoms with van der Waals surface area (Å²) in [5.41, 5.74) is 0. The molecule has 0 aromatic heterocycles. The SMILES string of the molecule is CCN(CC)C1CCC(CO)CC1. The highest BCUT2D eigenvalue weighted by molar-refractivity contribution is 4.78. The van der Waals surface area contributed by atoms with Crippen molar-refractivity contribution in [3.05, 3.63) is 0 Å². The molecule has 0 bridgehead atoms. The summed E-state index contributed by atoms with van der Waals surface area (Å²) in [6, 6.07) is 0.790. The van der Waals surface area contributed by atoms with Crippen molar-refractivity contribution in [3.63, 3.8) is 0 Å². The first-order valence-corrected chi connectivity index (χ1v) is 5.66. The number of hydrogen-bond donors (Lipinski definition) is 1. The Labute approximate surface area is 81.9 Å². The largest absolute Gasteiger partial charge is 0.396 e. The van der Waals surface area contributed by atoms with E-state index in [1.807, 2.05) is 0 Å². The molecule has 0 aliphatic heterocycles. The predicted octanol–water partition coefficient (Wildman–Crippen LogP) is 1.88. The van der Waals surface area contributed by atoms with Gasteiger partial charge in [0.1, 0.15) is 0 Å². The maximum absolute atomic E-state index is 9.02. The highest BCUT2D eigenvalue weighted by Gasteiger charge is 2.23. The Morgan fingerprint density at radius 1 is 1.08 bits per heavy atom. The van der Waals surface area contributed by atoms with Gasteiger partial charge in [0.25, 0.3) is 0 Å². The van der Waals surface area contributed by atoms with Gasteiger partial charge in [-0.15, -0.1) is 0 Å². The fourth-order valence-electron chi connectivity index (χ4n) is 2.43. The molecule has 0 heterocycles. The van der Waals surface area contributed by atoms with E-state index in [1.165, 1.54) is 38.8 Å². The maximum atomic E-state index is 9.02. The molecule has 0 radical (unpaired) electrons. The first-order valence-electron chi connectivity index (χ1n) is 5.66. The zero-order valence-corrected chi connectivity index (χ0v) is 9.00. The van der Waals surface area contributed by atoms with Gasteiger partial charge in [0, 0.05) is 12.6 Å². The summed E-state index contributed by atoms with van der Waals surface area (Å²) in [6.07, 6.45) is 5.01. The van der Waals surface area contributed by atoms with Gasteiger partial charge in [0.05, 0.1) is 0 Å². The fraction of sp³-hybridized carbons (Fsp3) is 1.00. The van der Waals surface area contributed by atoms with Crippen LogP contribution in [0.4, 0.5) is 0 Å². The van der Waals surface area contributed by atoms with E-state index < -0.39 is 0 Å². The van der Waals surface area contributed by atoms with E-state index in [0.29, 0.717) is 12.5 Å². The highest BCUT2D eigenvalue weighted by Crippen LogP contribution is 2.26. The summed E-state index contributed by atoms with van der Waals surface area (Å²) in [4.78, 5) is 2.55. The van der Waals surface area contributed by atoms with E-state index in [1.54, 1.807) is 0 Å². The van der Waals surface area contributed by atoms with E-state index in [0.717, 1.165) is 6.04 Å². The van der Waals surface area contributed by atoms with E-state index in [9.17, 15) is 0 Å². The third kappa shape index (κ3) is 2.96. The minimum Gasteiger partial charge on any atom is -0.396 e. The second kappa shape index (κ2) is 5.61. The van der Waals surface area contributed by atoms with Gasteiger partial charge in [-0.2, -0.15) is 0 Å². The number of nitrogens with zero attached hydrogens (tertiary/aromatic N) is 1. The molecule has 0 aromatic rings. The third-order valence-electron chi connectivity index (χ3n) is 3.40. The maximum Gasteiger partial charge on any atom is 0.0459 e. The van der Waals surface area contributed by atoms with Gasteiger partial charge in [-0.25, -0.2) is 0 Å². The Bertz CT molecular complexity index is 126. The average Bonchev–Trinajstić information content (AvgIpc) is 2.21. The number of rotatable bonds is 4. The molecule has 13 heavy (non-hydrogen) atoms. The second-order valence-corrected chi connectivity index (χ2v) is 4.08. The van der Waals surface area contributed by atoms with Crippen molar-refractivity contribution in [1.82, 2.24) is 4.90 Å². The summed E-state index contributed by atoms with van der Waals surface area (Å²) < 4.78 is 0. The Morgan fingerprint density at radius 2 is 1.62 bits per heavy atom. The first kappa shape index (κ1) is 11.0. The van der Waals surface area contributed by atoms with Gasteiger partial charge in [-0.05, 0) is 44.7 Å². The zero-order chi connectivity index (χ0) is 9.68. The third-order valence-corrected chi connectivity index (χ3v) is 3.40. The van der Waals surface area contributed by atoms with E-state index in [2.05, 4.69) is 18.7 Å². The van der Waals surface area contributed by atoms with Gasteiger partial charge < -0.3 is 10.0 Å². The molecule has 78 valence electrons. The van der Waals surface area contributed by atoms with Gasteiger partial charge in [0.15, 0.2) is 0 Å². The van der Waals surface area contributed by atoms with E-state index in [4.69, 9.17) is 5.11 Å². The molecule has 0 aromatic carbocycles. The normalized spacial score (nSPS) is 29.5. The lowest BCUT2D eigenvalue weighted by Gasteiger charge is -2.35. The summed E-state index contributed by atoms with van der Waals surface area (Å²) in [6.45, 7) is 7.21. The Morgan fingerprint density at radius 3 is 2.00 bits per heavy atom. The smallest absolute Gasteiger partial charge is 0.0459 e. The monoisotopic (exact) mass is 185 g/mol. The Hall–Kier alpha value is -0.0800. The predicted molar refractivity (Wildman–Crippen MR) is 55.8 cm³/mol. The lowest BCUT2D eigenvalue weighted by Crippen LogP contribution is -2.38. The van der Waals surface area contributed by atoms with Crippen molar-refractivity contribution in [2.75, 3.05) is 19.7 Å². The van der Waals surface area contributed by atoms with Gasteiger partial charge >= 0.3 is 0 Å². The van der Waals surface area contributed by atoms with Crippen molar-refractivity contribution < 1.29 is 5.11 Å². The molecule has 0 atom stereocenters. The topological polar surface area (TPSA) is 23.5 Å². The first-order chi connectivity index (χ1) is 6.31. The molecule has 0 unspecified atom stereocenters. The number of aliphatic hydroxyl groups is 1. The van der Waals surface area contributed by atoms with Crippen LogP contribution in [0, 0.1) is 5.92 Å². The van der Waals surface area contributed by atoms with Crippen LogP contribution in [0.15, 0.2) is 0 Å². The molecule has 2 heteroatoms. The van der Waals surface area contributed by atoms with Crippen LogP contribution in [0.2, 0.25) is 0 Å². The quantitative estimate of drug-likeness (QED) is 0.723. The summed E-state index contributed by atoms with van der Waals surface area (Å²) in [5, 5.41) is 9.02. The molecule has 1 N–H and O–H groups in total. The van der Waals surface area contributed by atoms with Crippen LogP contribution in [0.1, 0.15) is 39.5 Å². The molecule has 1 saturated carbocycles. The van der Waals surface area contributed by atoms with Crippen molar-refractivity contribution >= 4 is 0 Å². The molecular weight excluding hydrogens is 162 g/mol. The van der Waals surface area contributed by atoms with Crippen LogP contribution in [-0.2, 0) is 0 Å². The van der Waals surface area contributed by atoms with Gasteiger partial charge in [-0.3, -0.25) is 0 Å². The second-order valence-electron chi connectivity index (χ2n) is 4.08. The molecular formula is C11H23NO. The summed E-state index contributed by atoms with van der Waals surface area (Å²) in [5.74, 6) is 0.590. The summed E-state index contributed by atoms with van der Waals surface area (Å²) >= 11 is 0. The molecule has 1 fully saturated rings. The van der Waals surface area contributed by atoms with Gasteiger partial charge in [-0.1, -0.05) is 13.8 Å². The molecule has 1 aliphatic carbocycles. The fourth-order valence-corrected chi connectivity index (χ4v) is 2.43. The van der Waals surface area contributed by atoms with E-state index in [-0.39, 0.29) is 0 Å². The van der Waals surface area contributed by atoms with Crippen LogP contribution >= 0.6 is 0 Å². The molecule has 0 saturated heterocycles. The van der Waals surface area contributed by atoms with Crippen LogP contribution in [0.5, 0.6) is 0 Å². The lowest BCUT2D eigenvalue weighted by molar-refractivity contribution is 0.118. The van der Waals surface area contributed by atoms with Crippen molar-refractivity contribution in [3.8, 4) is 0 Å². The molecule has 0 amide bonds.